The van der Waals surface area contributed by atoms with Crippen LogP contribution in [0.15, 0.2) is 42.5 Å². The summed E-state index contributed by atoms with van der Waals surface area (Å²) in [5, 5.41) is 16.5. The van der Waals surface area contributed by atoms with E-state index in [9.17, 15) is 5.26 Å². The molecule has 0 amide bonds. The van der Waals surface area contributed by atoms with E-state index in [4.69, 9.17) is 4.98 Å². The number of fused-ring (bicyclic) bond motifs is 2. The zero-order chi connectivity index (χ0) is 24.5. The summed E-state index contributed by atoms with van der Waals surface area (Å²) < 4.78 is 2.39. The molecule has 3 aromatic rings. The first kappa shape index (κ1) is 23.4. The Morgan fingerprint density at radius 2 is 1.58 bits per heavy atom. The van der Waals surface area contributed by atoms with Gasteiger partial charge in [-0.1, -0.05) is 48.3 Å². The molecule has 1 aromatic heterocycles. The van der Waals surface area contributed by atoms with Gasteiger partial charge in [0.1, 0.15) is 17.7 Å². The minimum atomic E-state index is 0.742. The highest BCUT2D eigenvalue weighted by Gasteiger charge is 2.31. The molecule has 0 atom stereocenters. The zero-order valence-electron chi connectivity index (χ0n) is 20.9. The van der Waals surface area contributed by atoms with Crippen LogP contribution in [0.3, 0.4) is 0 Å². The average Bonchev–Trinajstić information content (AvgIpc) is 2.96. The standard InChI is InChI=1S/C28H33N7S/c1-36-35-17-15-33(16-18-35)28-24(19-29)25-20-34(26-8-4-6-21-5-2-3-7-22(21)26)12-9-23(25)27(31-28)32-13-10-30-11-14-32/h2-8,30H,9-18,20H2,1H3. The molecule has 6 rings (SSSR count). The number of hydrogen-bond acceptors (Lipinski definition) is 8. The van der Waals surface area contributed by atoms with Crippen molar-refractivity contribution in [1.29, 1.82) is 5.26 Å². The second-order valence-electron chi connectivity index (χ2n) is 9.71. The Labute approximate surface area is 217 Å². The third-order valence-electron chi connectivity index (χ3n) is 7.78. The van der Waals surface area contributed by atoms with Crippen LogP contribution in [-0.4, -0.2) is 74.4 Å². The topological polar surface area (TPSA) is 61.7 Å². The van der Waals surface area contributed by atoms with Crippen LogP contribution < -0.4 is 20.0 Å². The number of nitriles is 1. The Morgan fingerprint density at radius 1 is 0.833 bits per heavy atom. The molecule has 3 aliphatic heterocycles. The highest BCUT2D eigenvalue weighted by atomic mass is 32.2. The Morgan fingerprint density at radius 3 is 2.36 bits per heavy atom. The first-order valence-electron chi connectivity index (χ1n) is 12.9. The maximum atomic E-state index is 10.5. The van der Waals surface area contributed by atoms with Crippen molar-refractivity contribution in [2.75, 3.05) is 79.9 Å². The lowest BCUT2D eigenvalue weighted by Crippen LogP contribution is -2.46. The lowest BCUT2D eigenvalue weighted by Gasteiger charge is -2.39. The highest BCUT2D eigenvalue weighted by Crippen LogP contribution is 2.38. The second kappa shape index (κ2) is 10.2. The van der Waals surface area contributed by atoms with Crippen LogP contribution in [0, 0.1) is 11.3 Å². The zero-order valence-corrected chi connectivity index (χ0v) is 21.7. The molecule has 2 aromatic carbocycles. The summed E-state index contributed by atoms with van der Waals surface area (Å²) in [5.74, 6) is 1.98. The first-order chi connectivity index (χ1) is 17.8. The quantitative estimate of drug-likeness (QED) is 0.548. The number of hydrogen-bond donors (Lipinski definition) is 1. The minimum absolute atomic E-state index is 0.742. The summed E-state index contributed by atoms with van der Waals surface area (Å²) >= 11 is 1.80. The molecule has 0 bridgehead atoms. The van der Waals surface area contributed by atoms with Crippen LogP contribution in [0.2, 0.25) is 0 Å². The Kier molecular flexibility index (Phi) is 6.61. The van der Waals surface area contributed by atoms with Gasteiger partial charge in [0.15, 0.2) is 0 Å². The normalized spacial score (nSPS) is 18.8. The van der Waals surface area contributed by atoms with Crippen molar-refractivity contribution in [2.45, 2.75) is 13.0 Å². The molecule has 3 aliphatic rings. The second-order valence-corrected chi connectivity index (χ2v) is 10.6. The molecule has 4 heterocycles. The van der Waals surface area contributed by atoms with Gasteiger partial charge in [-0.3, -0.25) is 0 Å². The Balaban J connectivity index is 1.43. The number of pyridine rings is 1. The Bertz CT molecular complexity index is 1280. The number of aromatic nitrogens is 1. The van der Waals surface area contributed by atoms with Crippen LogP contribution in [0.4, 0.5) is 17.3 Å². The molecule has 0 radical (unpaired) electrons. The van der Waals surface area contributed by atoms with Gasteiger partial charge in [-0.05, 0) is 29.7 Å². The molecular formula is C28H33N7S. The smallest absolute Gasteiger partial charge is 0.149 e. The Hall–Kier alpha value is -2.99. The molecule has 1 N–H and O–H groups in total. The summed E-state index contributed by atoms with van der Waals surface area (Å²) in [6, 6.07) is 17.7. The predicted octanol–water partition coefficient (Wildman–Crippen LogP) is 3.48. The summed E-state index contributed by atoms with van der Waals surface area (Å²) in [6.45, 7) is 9.29. The van der Waals surface area contributed by atoms with Gasteiger partial charge in [0.25, 0.3) is 0 Å². The number of benzene rings is 2. The molecule has 0 spiro atoms. The van der Waals surface area contributed by atoms with Gasteiger partial charge in [-0.15, -0.1) is 0 Å². The molecular weight excluding hydrogens is 466 g/mol. The van der Waals surface area contributed by atoms with Gasteiger partial charge >= 0.3 is 0 Å². The van der Waals surface area contributed by atoms with Crippen molar-refractivity contribution in [3.05, 3.63) is 59.2 Å². The van der Waals surface area contributed by atoms with Gasteiger partial charge in [0.05, 0.1) is 5.56 Å². The molecule has 0 aliphatic carbocycles. The number of nitrogens with one attached hydrogen (secondary N) is 1. The molecule has 2 saturated heterocycles. The lowest BCUT2D eigenvalue weighted by atomic mass is 9.94. The largest absolute Gasteiger partial charge is 0.366 e. The molecule has 0 unspecified atom stereocenters. The van der Waals surface area contributed by atoms with Crippen LogP contribution >= 0.6 is 11.9 Å². The average molecular weight is 500 g/mol. The fourth-order valence-corrected chi connectivity index (χ4v) is 6.38. The molecule has 2 fully saturated rings. The van der Waals surface area contributed by atoms with E-state index in [2.05, 4.69) is 79.1 Å². The van der Waals surface area contributed by atoms with Crippen molar-refractivity contribution in [3.63, 3.8) is 0 Å². The maximum Gasteiger partial charge on any atom is 0.149 e. The summed E-state index contributed by atoms with van der Waals surface area (Å²) in [6.07, 6.45) is 3.04. The molecule has 7 nitrogen and oxygen atoms in total. The number of rotatable bonds is 4. The molecule has 0 saturated carbocycles. The van der Waals surface area contributed by atoms with Gasteiger partial charge in [0, 0.05) is 82.1 Å². The summed E-state index contributed by atoms with van der Waals surface area (Å²) in [5.41, 5.74) is 4.46. The first-order valence-corrected chi connectivity index (χ1v) is 14.1. The van der Waals surface area contributed by atoms with E-state index < -0.39 is 0 Å². The molecule has 186 valence electrons. The van der Waals surface area contributed by atoms with E-state index in [1.807, 2.05) is 0 Å². The van der Waals surface area contributed by atoms with Gasteiger partial charge in [0.2, 0.25) is 0 Å². The van der Waals surface area contributed by atoms with E-state index >= 15 is 0 Å². The number of piperazine rings is 2. The highest BCUT2D eigenvalue weighted by molar-refractivity contribution is 7.96. The van der Waals surface area contributed by atoms with Crippen LogP contribution in [0.25, 0.3) is 10.8 Å². The maximum absolute atomic E-state index is 10.5. The summed E-state index contributed by atoms with van der Waals surface area (Å²) in [4.78, 5) is 12.5. The molecule has 8 heteroatoms. The monoisotopic (exact) mass is 499 g/mol. The van der Waals surface area contributed by atoms with Gasteiger partial charge < -0.3 is 20.0 Å². The van der Waals surface area contributed by atoms with Gasteiger partial charge in [-0.2, -0.15) is 5.26 Å². The van der Waals surface area contributed by atoms with Crippen molar-refractivity contribution in [2.24, 2.45) is 0 Å². The SMILES string of the molecule is CSN1CCN(c2nc(N3CCNCC3)c3c(c2C#N)CN(c2cccc4ccccc24)CC3)CC1. The van der Waals surface area contributed by atoms with Crippen molar-refractivity contribution in [3.8, 4) is 6.07 Å². The third kappa shape index (κ3) is 4.26. The fraction of sp³-hybridized carbons (Fsp3) is 0.429. The van der Waals surface area contributed by atoms with E-state index in [1.165, 1.54) is 27.6 Å². The van der Waals surface area contributed by atoms with E-state index in [1.54, 1.807) is 11.9 Å². The van der Waals surface area contributed by atoms with Crippen LogP contribution in [0.1, 0.15) is 16.7 Å². The molecule has 36 heavy (non-hydrogen) atoms. The number of anilines is 3. The fourth-order valence-electron chi connectivity index (χ4n) is 5.86. The van der Waals surface area contributed by atoms with Crippen molar-refractivity contribution >= 4 is 40.0 Å². The number of nitrogens with zero attached hydrogens (tertiary/aromatic N) is 6. The minimum Gasteiger partial charge on any atom is -0.366 e. The van der Waals surface area contributed by atoms with E-state index in [-0.39, 0.29) is 0 Å². The van der Waals surface area contributed by atoms with E-state index in [0.29, 0.717) is 0 Å². The lowest BCUT2D eigenvalue weighted by molar-refractivity contribution is 0.429. The van der Waals surface area contributed by atoms with E-state index in [0.717, 1.165) is 89.1 Å². The van der Waals surface area contributed by atoms with Crippen LogP contribution in [-0.2, 0) is 13.0 Å². The van der Waals surface area contributed by atoms with Crippen molar-refractivity contribution in [1.82, 2.24) is 14.6 Å². The van der Waals surface area contributed by atoms with Crippen LogP contribution in [0.5, 0.6) is 0 Å². The summed E-state index contributed by atoms with van der Waals surface area (Å²) in [7, 11) is 0. The van der Waals surface area contributed by atoms with Gasteiger partial charge in [-0.25, -0.2) is 9.29 Å². The van der Waals surface area contributed by atoms with Crippen molar-refractivity contribution < 1.29 is 0 Å². The third-order valence-corrected chi connectivity index (χ3v) is 8.67. The predicted molar refractivity (Wildman–Crippen MR) is 150 cm³/mol.